The average Bonchev–Trinajstić information content (AvgIpc) is 2.97. The molecule has 8 nitrogen and oxygen atoms in total. The molecule has 4 aromatic rings. The van der Waals surface area contributed by atoms with E-state index in [0.29, 0.717) is 50.7 Å². The van der Waals surface area contributed by atoms with Gasteiger partial charge < -0.3 is 19.5 Å². The molecule has 0 aliphatic rings. The molecule has 210 valence electrons. The number of ether oxygens (including phenoxy) is 3. The number of carbonyl (C=O) groups is 2. The van der Waals surface area contributed by atoms with E-state index in [2.05, 4.69) is 15.8 Å². The van der Waals surface area contributed by atoms with Crippen molar-refractivity contribution in [3.05, 3.63) is 117 Å². The lowest BCUT2D eigenvalue weighted by molar-refractivity contribution is -0.118. The molecule has 0 fully saturated rings. The molecule has 41 heavy (non-hydrogen) atoms. The Balaban J connectivity index is 1.27. The maximum Gasteiger partial charge on any atom is 0.271 e. The maximum atomic E-state index is 12.5. The Labute approximate surface area is 247 Å². The second-order valence-electron chi connectivity index (χ2n) is 8.81. The van der Waals surface area contributed by atoms with E-state index in [0.717, 1.165) is 11.1 Å². The minimum absolute atomic E-state index is 0.168. The maximum absolute atomic E-state index is 12.5. The van der Waals surface area contributed by atoms with E-state index in [4.69, 9.17) is 37.4 Å². The van der Waals surface area contributed by atoms with E-state index < -0.39 is 5.91 Å². The zero-order valence-corrected chi connectivity index (χ0v) is 23.8. The third-order valence-corrected chi connectivity index (χ3v) is 6.44. The fraction of sp³-hybridized carbons (Fsp3) is 0.129. The fourth-order valence-electron chi connectivity index (χ4n) is 3.70. The van der Waals surface area contributed by atoms with Gasteiger partial charge in [0.1, 0.15) is 12.4 Å². The molecule has 0 bridgehead atoms. The number of benzene rings is 4. The van der Waals surface area contributed by atoms with Gasteiger partial charge in [-0.25, -0.2) is 5.43 Å². The number of carbonyl (C=O) groups excluding carboxylic acids is 2. The Morgan fingerprint density at radius 1 is 0.878 bits per heavy atom. The third kappa shape index (κ3) is 8.48. The van der Waals surface area contributed by atoms with Crippen molar-refractivity contribution in [1.82, 2.24) is 5.43 Å². The number of nitrogens with one attached hydrogen (secondary N) is 2. The van der Waals surface area contributed by atoms with Crippen molar-refractivity contribution < 1.29 is 23.8 Å². The lowest BCUT2D eigenvalue weighted by Gasteiger charge is -2.12. The van der Waals surface area contributed by atoms with Crippen molar-refractivity contribution in [2.75, 3.05) is 19.0 Å². The number of halogens is 2. The number of rotatable bonds is 11. The molecule has 0 radical (unpaired) electrons. The van der Waals surface area contributed by atoms with Crippen molar-refractivity contribution in [2.24, 2.45) is 5.10 Å². The van der Waals surface area contributed by atoms with Crippen LogP contribution in [0.5, 0.6) is 17.2 Å². The Morgan fingerprint density at radius 2 is 1.63 bits per heavy atom. The molecule has 0 atom stereocenters. The summed E-state index contributed by atoms with van der Waals surface area (Å²) in [5.41, 5.74) is 5.77. The van der Waals surface area contributed by atoms with Gasteiger partial charge in [0.15, 0.2) is 18.1 Å². The van der Waals surface area contributed by atoms with E-state index in [1.54, 1.807) is 73.8 Å². The molecule has 0 aliphatic carbocycles. The number of nitrogens with zero attached hydrogens (tertiary/aromatic N) is 1. The molecule has 0 saturated carbocycles. The molecule has 2 N–H and O–H groups in total. The summed E-state index contributed by atoms with van der Waals surface area (Å²) in [6.45, 7) is 1.97. The zero-order chi connectivity index (χ0) is 29.2. The van der Waals surface area contributed by atoms with Gasteiger partial charge in [-0.15, -0.1) is 0 Å². The smallest absolute Gasteiger partial charge is 0.271 e. The Kier molecular flexibility index (Phi) is 10.2. The molecular formula is C31H27Cl2N3O5. The first-order valence-corrected chi connectivity index (χ1v) is 13.2. The SMILES string of the molecule is COc1cc(/C=N\NC(=O)c2ccc(NC(=O)COc3ccc(Cl)cc3C)cc2)ccc1OCc1ccccc1Cl. The normalized spacial score (nSPS) is 10.7. The van der Waals surface area contributed by atoms with Gasteiger partial charge in [-0.05, 0) is 84.8 Å². The summed E-state index contributed by atoms with van der Waals surface area (Å²) in [5.74, 6) is 0.892. The first-order valence-electron chi connectivity index (χ1n) is 12.5. The van der Waals surface area contributed by atoms with Crippen LogP contribution in [0.1, 0.15) is 27.0 Å². The van der Waals surface area contributed by atoms with Gasteiger partial charge in [0.25, 0.3) is 11.8 Å². The van der Waals surface area contributed by atoms with Gasteiger partial charge in [0, 0.05) is 26.9 Å². The Bertz CT molecular complexity index is 1560. The minimum atomic E-state index is -0.410. The average molecular weight is 592 g/mol. The van der Waals surface area contributed by atoms with Crippen LogP contribution >= 0.6 is 23.2 Å². The minimum Gasteiger partial charge on any atom is -0.493 e. The fourth-order valence-corrected chi connectivity index (χ4v) is 4.12. The summed E-state index contributed by atoms with van der Waals surface area (Å²) in [4.78, 5) is 24.8. The second kappa shape index (κ2) is 14.2. The number of aryl methyl sites for hydroxylation is 1. The van der Waals surface area contributed by atoms with Crippen molar-refractivity contribution in [3.63, 3.8) is 0 Å². The van der Waals surface area contributed by atoms with Crippen molar-refractivity contribution in [1.29, 1.82) is 0 Å². The summed E-state index contributed by atoms with van der Waals surface area (Å²) in [6, 6.07) is 24.3. The first kappa shape index (κ1) is 29.5. The van der Waals surface area contributed by atoms with Crippen LogP contribution in [-0.4, -0.2) is 31.7 Å². The number of amides is 2. The van der Waals surface area contributed by atoms with E-state index in [9.17, 15) is 9.59 Å². The van der Waals surface area contributed by atoms with Crippen LogP contribution in [0.15, 0.2) is 90.0 Å². The monoisotopic (exact) mass is 591 g/mol. The largest absolute Gasteiger partial charge is 0.493 e. The Hall–Kier alpha value is -4.53. The molecule has 0 aliphatic heterocycles. The van der Waals surface area contributed by atoms with E-state index in [1.807, 2.05) is 25.1 Å². The molecule has 2 amide bonds. The molecule has 10 heteroatoms. The highest BCUT2D eigenvalue weighted by Crippen LogP contribution is 2.29. The number of hydrogen-bond acceptors (Lipinski definition) is 6. The van der Waals surface area contributed by atoms with Crippen LogP contribution in [-0.2, 0) is 11.4 Å². The summed E-state index contributed by atoms with van der Waals surface area (Å²) >= 11 is 12.1. The van der Waals surface area contributed by atoms with Gasteiger partial charge in [-0.2, -0.15) is 5.10 Å². The van der Waals surface area contributed by atoms with Gasteiger partial charge in [0.2, 0.25) is 0 Å². The quantitative estimate of drug-likeness (QED) is 0.150. The molecule has 0 heterocycles. The number of anilines is 1. The summed E-state index contributed by atoms with van der Waals surface area (Å²) in [5, 5.41) is 7.98. The molecule has 4 rings (SSSR count). The van der Waals surface area contributed by atoms with Gasteiger partial charge in [-0.3, -0.25) is 9.59 Å². The van der Waals surface area contributed by atoms with Crippen LogP contribution in [0.4, 0.5) is 5.69 Å². The van der Waals surface area contributed by atoms with Crippen LogP contribution in [0.2, 0.25) is 10.0 Å². The molecule has 0 spiro atoms. The van der Waals surface area contributed by atoms with E-state index >= 15 is 0 Å². The lowest BCUT2D eigenvalue weighted by atomic mass is 10.2. The predicted molar refractivity (Wildman–Crippen MR) is 161 cm³/mol. The summed E-state index contributed by atoms with van der Waals surface area (Å²) < 4.78 is 16.9. The highest BCUT2D eigenvalue weighted by molar-refractivity contribution is 6.31. The number of hydrogen-bond donors (Lipinski definition) is 2. The van der Waals surface area contributed by atoms with Crippen LogP contribution in [0.25, 0.3) is 0 Å². The van der Waals surface area contributed by atoms with E-state index in [1.165, 1.54) is 6.21 Å². The predicted octanol–water partition coefficient (Wildman–Crippen LogP) is 6.67. The summed E-state index contributed by atoms with van der Waals surface area (Å²) in [6.07, 6.45) is 1.50. The Morgan fingerprint density at radius 3 is 2.37 bits per heavy atom. The molecular weight excluding hydrogens is 565 g/mol. The highest BCUT2D eigenvalue weighted by atomic mass is 35.5. The van der Waals surface area contributed by atoms with E-state index in [-0.39, 0.29) is 12.5 Å². The standard InChI is InChI=1S/C31H27Cl2N3O5/c1-20-15-24(32)10-14-27(20)41-19-30(37)35-25-11-8-22(9-12-25)31(38)36-34-17-21-7-13-28(29(16-21)39-2)40-18-23-5-3-4-6-26(23)33/h3-17H,18-19H2,1-2H3,(H,35,37)(H,36,38)/b34-17-. The number of hydrazone groups is 1. The third-order valence-electron chi connectivity index (χ3n) is 5.84. The van der Waals surface area contributed by atoms with Crippen LogP contribution < -0.4 is 25.0 Å². The van der Waals surface area contributed by atoms with Crippen molar-refractivity contribution in [3.8, 4) is 17.2 Å². The molecule has 0 aromatic heterocycles. The van der Waals surface area contributed by atoms with Crippen molar-refractivity contribution >= 4 is 46.9 Å². The number of methoxy groups -OCH3 is 1. The molecule has 0 saturated heterocycles. The first-order chi connectivity index (χ1) is 19.8. The van der Waals surface area contributed by atoms with Crippen LogP contribution in [0.3, 0.4) is 0 Å². The van der Waals surface area contributed by atoms with Crippen molar-refractivity contribution in [2.45, 2.75) is 13.5 Å². The second-order valence-corrected chi connectivity index (χ2v) is 9.66. The zero-order valence-electron chi connectivity index (χ0n) is 22.3. The van der Waals surface area contributed by atoms with Gasteiger partial charge in [0.05, 0.1) is 13.3 Å². The highest BCUT2D eigenvalue weighted by Gasteiger charge is 2.10. The molecule has 0 unspecified atom stereocenters. The molecule has 4 aromatic carbocycles. The summed E-state index contributed by atoms with van der Waals surface area (Å²) in [7, 11) is 1.54. The lowest BCUT2D eigenvalue weighted by Crippen LogP contribution is -2.21. The van der Waals surface area contributed by atoms with Gasteiger partial charge in [-0.1, -0.05) is 41.4 Å². The topological polar surface area (TPSA) is 98.2 Å². The van der Waals surface area contributed by atoms with Gasteiger partial charge >= 0.3 is 0 Å². The van der Waals surface area contributed by atoms with Crippen LogP contribution in [0, 0.1) is 6.92 Å².